The Labute approximate surface area is 251 Å². The van der Waals surface area contributed by atoms with Crippen LogP contribution in [-0.2, 0) is 14.9 Å². The Kier molecular flexibility index (Phi) is 10.8. The predicted octanol–water partition coefficient (Wildman–Crippen LogP) is 8.74. The molecule has 0 heterocycles. The number of aryl methyl sites for hydroxylation is 1. The summed E-state index contributed by atoms with van der Waals surface area (Å²) in [6, 6.07) is 32.0. The quantitative estimate of drug-likeness (QED) is 0.171. The number of hydrogen-bond acceptors (Lipinski definition) is 4. The molecule has 41 heavy (non-hydrogen) atoms. The first kappa shape index (κ1) is 31.9. The number of rotatable bonds is 5. The van der Waals surface area contributed by atoms with Gasteiger partial charge in [-0.25, -0.2) is 0 Å². The van der Waals surface area contributed by atoms with Gasteiger partial charge in [0.2, 0.25) is 0 Å². The first-order chi connectivity index (χ1) is 19.7. The zero-order chi connectivity index (χ0) is 30.3. The van der Waals surface area contributed by atoms with Crippen LogP contribution in [0, 0.1) is 6.92 Å². The first-order valence-electron chi connectivity index (χ1n) is 14.1. The van der Waals surface area contributed by atoms with E-state index in [0.717, 1.165) is 19.0 Å². The summed E-state index contributed by atoms with van der Waals surface area (Å²) in [6.07, 6.45) is 0.750. The largest absolute Gasteiger partial charge is 0.486 e. The standard InChI is InChI=1S/C34H34OS.C2H4O.CH4O/c1-21(2)25-11-17-29-30-18-12-26(22(3)4)20-32(30)34(31(29)19-25,27-13-7-23(5)8-14-27)28-15-9-24(10-16-28)33(36)35-6;1-2-3;1-2/h7-22H,1-6H3;2H,1H3;2H,1H3. The van der Waals surface area contributed by atoms with E-state index in [1.807, 2.05) is 0 Å². The molecule has 0 bridgehead atoms. The summed E-state index contributed by atoms with van der Waals surface area (Å²) in [7, 11) is 2.63. The summed E-state index contributed by atoms with van der Waals surface area (Å²) in [6.45, 7) is 12.7. The lowest BCUT2D eigenvalue weighted by molar-refractivity contribution is -0.106. The fraction of sp³-hybridized carbons (Fsp3) is 0.297. The summed E-state index contributed by atoms with van der Waals surface area (Å²) in [5.74, 6) is 0.893. The van der Waals surface area contributed by atoms with E-state index in [1.54, 1.807) is 7.11 Å². The van der Waals surface area contributed by atoms with Crippen LogP contribution >= 0.6 is 12.2 Å². The minimum atomic E-state index is -0.415. The summed E-state index contributed by atoms with van der Waals surface area (Å²) in [4.78, 5) is 8.81. The van der Waals surface area contributed by atoms with Gasteiger partial charge < -0.3 is 14.6 Å². The number of methoxy groups -OCH3 is 1. The zero-order valence-electron chi connectivity index (χ0n) is 25.5. The number of benzene rings is 4. The van der Waals surface area contributed by atoms with Crippen LogP contribution in [0.1, 0.15) is 91.0 Å². The smallest absolute Gasteiger partial charge is 0.190 e. The van der Waals surface area contributed by atoms with Crippen molar-refractivity contribution >= 4 is 23.6 Å². The van der Waals surface area contributed by atoms with Gasteiger partial charge in [0.15, 0.2) is 5.05 Å². The third-order valence-corrected chi connectivity index (χ3v) is 8.14. The number of aliphatic hydroxyl groups is 1. The molecule has 4 aromatic rings. The van der Waals surface area contributed by atoms with Gasteiger partial charge in [0.05, 0.1) is 12.5 Å². The molecule has 1 N–H and O–H groups in total. The predicted molar refractivity (Wildman–Crippen MR) is 175 cm³/mol. The number of aliphatic hydroxyl groups excluding tert-OH is 1. The van der Waals surface area contributed by atoms with Crippen LogP contribution in [0.4, 0.5) is 0 Å². The Morgan fingerprint density at radius 2 is 1.15 bits per heavy atom. The fourth-order valence-electron chi connectivity index (χ4n) is 5.64. The third kappa shape index (κ3) is 6.05. The molecular formula is C37H42O3S. The Morgan fingerprint density at radius 1 is 0.756 bits per heavy atom. The monoisotopic (exact) mass is 566 g/mol. The molecule has 0 fully saturated rings. The highest BCUT2D eigenvalue weighted by Crippen LogP contribution is 2.57. The second-order valence-electron chi connectivity index (χ2n) is 10.8. The number of thiocarbonyl (C=S) groups is 1. The van der Waals surface area contributed by atoms with Crippen LogP contribution in [0.25, 0.3) is 11.1 Å². The van der Waals surface area contributed by atoms with Crippen LogP contribution in [0.2, 0.25) is 0 Å². The molecule has 0 unspecified atom stereocenters. The Balaban J connectivity index is 0.000000868. The van der Waals surface area contributed by atoms with E-state index in [0.29, 0.717) is 16.9 Å². The molecule has 0 amide bonds. The highest BCUT2D eigenvalue weighted by molar-refractivity contribution is 7.80. The lowest BCUT2D eigenvalue weighted by atomic mass is 9.67. The van der Waals surface area contributed by atoms with Crippen molar-refractivity contribution in [3.8, 4) is 11.1 Å². The SMILES string of the molecule is CC=O.CO.COC(=S)c1ccc(C2(c3ccc(C)cc3)c3cc(C(C)C)ccc3-c3ccc(C(C)C)cc32)cc1. The van der Waals surface area contributed by atoms with Gasteiger partial charge in [-0.15, -0.1) is 0 Å². The van der Waals surface area contributed by atoms with E-state index >= 15 is 0 Å². The number of fused-ring (bicyclic) bond motifs is 3. The average Bonchev–Trinajstić information content (AvgIpc) is 3.28. The molecule has 1 aliphatic rings. The third-order valence-electron chi connectivity index (χ3n) is 7.74. The van der Waals surface area contributed by atoms with E-state index in [1.165, 1.54) is 57.0 Å². The second-order valence-corrected chi connectivity index (χ2v) is 11.2. The zero-order valence-corrected chi connectivity index (χ0v) is 26.3. The van der Waals surface area contributed by atoms with E-state index in [4.69, 9.17) is 26.9 Å². The van der Waals surface area contributed by atoms with Crippen molar-refractivity contribution in [3.63, 3.8) is 0 Å². The van der Waals surface area contributed by atoms with E-state index in [2.05, 4.69) is 120 Å². The van der Waals surface area contributed by atoms with Crippen molar-refractivity contribution in [2.45, 2.75) is 58.8 Å². The van der Waals surface area contributed by atoms with E-state index < -0.39 is 5.41 Å². The van der Waals surface area contributed by atoms with Crippen molar-refractivity contribution in [2.75, 3.05) is 14.2 Å². The van der Waals surface area contributed by atoms with E-state index in [9.17, 15) is 0 Å². The molecule has 0 aromatic heterocycles. The van der Waals surface area contributed by atoms with Crippen molar-refractivity contribution in [1.82, 2.24) is 0 Å². The Bertz CT molecular complexity index is 1420. The lowest BCUT2D eigenvalue weighted by Crippen LogP contribution is -2.29. The van der Waals surface area contributed by atoms with Gasteiger partial charge in [0, 0.05) is 12.7 Å². The van der Waals surface area contributed by atoms with Gasteiger partial charge >= 0.3 is 0 Å². The minimum Gasteiger partial charge on any atom is -0.486 e. The Morgan fingerprint density at radius 3 is 1.51 bits per heavy atom. The maximum Gasteiger partial charge on any atom is 0.190 e. The Hall–Kier alpha value is -3.60. The molecule has 4 aromatic carbocycles. The van der Waals surface area contributed by atoms with Crippen LogP contribution in [0.3, 0.4) is 0 Å². The maximum absolute atomic E-state index is 8.81. The van der Waals surface area contributed by atoms with E-state index in [-0.39, 0.29) is 0 Å². The highest BCUT2D eigenvalue weighted by Gasteiger charge is 2.46. The summed E-state index contributed by atoms with van der Waals surface area (Å²) < 4.78 is 5.35. The molecule has 0 saturated heterocycles. The van der Waals surface area contributed by atoms with Crippen molar-refractivity contribution in [3.05, 3.63) is 129 Å². The molecule has 3 nitrogen and oxygen atoms in total. The van der Waals surface area contributed by atoms with Crippen molar-refractivity contribution in [1.29, 1.82) is 0 Å². The molecular weight excluding hydrogens is 524 g/mol. The van der Waals surface area contributed by atoms with Crippen molar-refractivity contribution in [2.24, 2.45) is 0 Å². The van der Waals surface area contributed by atoms with Crippen LogP contribution in [-0.4, -0.2) is 30.7 Å². The topological polar surface area (TPSA) is 46.5 Å². The van der Waals surface area contributed by atoms with Gasteiger partial charge in [-0.2, -0.15) is 0 Å². The number of aldehydes is 1. The number of hydrogen-bond donors (Lipinski definition) is 1. The van der Waals surface area contributed by atoms with Gasteiger partial charge in [-0.1, -0.05) is 118 Å². The molecule has 5 rings (SSSR count). The molecule has 0 spiro atoms. The molecule has 0 aliphatic heterocycles. The normalized spacial score (nSPS) is 12.4. The van der Waals surface area contributed by atoms with Gasteiger partial charge in [0.25, 0.3) is 0 Å². The maximum atomic E-state index is 8.81. The summed E-state index contributed by atoms with van der Waals surface area (Å²) in [5, 5.41) is 7.52. The van der Waals surface area contributed by atoms with Crippen molar-refractivity contribution < 1.29 is 14.6 Å². The second kappa shape index (κ2) is 13.8. The van der Waals surface area contributed by atoms with Gasteiger partial charge in [0.1, 0.15) is 6.29 Å². The number of carbonyl (C=O) groups is 1. The fourth-order valence-corrected chi connectivity index (χ4v) is 5.78. The van der Waals surface area contributed by atoms with Crippen LogP contribution in [0.5, 0.6) is 0 Å². The molecule has 214 valence electrons. The summed E-state index contributed by atoms with van der Waals surface area (Å²) >= 11 is 5.43. The minimum absolute atomic E-state index is 0.415. The van der Waals surface area contributed by atoms with Crippen LogP contribution < -0.4 is 0 Å². The van der Waals surface area contributed by atoms with Gasteiger partial charge in [-0.3, -0.25) is 0 Å². The molecule has 0 atom stereocenters. The number of ether oxygens (including phenoxy) is 1. The molecule has 4 heteroatoms. The number of carbonyl (C=O) groups excluding carboxylic acids is 1. The molecule has 0 saturated carbocycles. The molecule has 0 radical (unpaired) electrons. The highest BCUT2D eigenvalue weighted by atomic mass is 32.1. The van der Waals surface area contributed by atoms with Crippen LogP contribution in [0.15, 0.2) is 84.9 Å². The average molecular weight is 567 g/mol. The first-order valence-corrected chi connectivity index (χ1v) is 14.5. The summed E-state index contributed by atoms with van der Waals surface area (Å²) in [5.41, 5.74) is 12.4. The lowest BCUT2D eigenvalue weighted by Gasteiger charge is -2.35. The molecule has 1 aliphatic carbocycles. The van der Waals surface area contributed by atoms with Gasteiger partial charge in [-0.05, 0) is 82.4 Å².